The third-order valence-corrected chi connectivity index (χ3v) is 3.93. The molecule has 1 saturated heterocycles. The summed E-state index contributed by atoms with van der Waals surface area (Å²) >= 11 is 0. The first-order valence-electron chi connectivity index (χ1n) is 7.62. The number of hydrogen-bond donors (Lipinski definition) is 1. The molecule has 1 aliphatic heterocycles. The molecule has 110 valence electrons. The van der Waals surface area contributed by atoms with Crippen LogP contribution in [0.2, 0.25) is 0 Å². The lowest BCUT2D eigenvalue weighted by molar-refractivity contribution is -0.116. The van der Waals surface area contributed by atoms with Gasteiger partial charge in [0.25, 0.3) is 0 Å². The molecule has 0 saturated carbocycles. The van der Waals surface area contributed by atoms with E-state index in [9.17, 15) is 4.79 Å². The number of likely N-dealkylation sites (tertiary alicyclic amines) is 1. The van der Waals surface area contributed by atoms with E-state index in [4.69, 9.17) is 0 Å². The van der Waals surface area contributed by atoms with Crippen molar-refractivity contribution in [3.8, 4) is 0 Å². The Morgan fingerprint density at radius 3 is 2.40 bits per heavy atom. The van der Waals surface area contributed by atoms with Crippen molar-refractivity contribution >= 4 is 11.6 Å². The number of rotatable bonds is 4. The summed E-state index contributed by atoms with van der Waals surface area (Å²) in [6.45, 7) is 9.77. The molecule has 3 nitrogen and oxygen atoms in total. The number of anilines is 1. The van der Waals surface area contributed by atoms with Gasteiger partial charge in [0.05, 0.1) is 0 Å². The van der Waals surface area contributed by atoms with Crippen molar-refractivity contribution in [1.29, 1.82) is 0 Å². The van der Waals surface area contributed by atoms with Crippen LogP contribution < -0.4 is 5.32 Å². The Labute approximate surface area is 122 Å². The fraction of sp³-hybridized carbons (Fsp3) is 0.588. The van der Waals surface area contributed by atoms with Gasteiger partial charge in [-0.25, -0.2) is 0 Å². The molecule has 1 fully saturated rings. The molecule has 20 heavy (non-hydrogen) atoms. The van der Waals surface area contributed by atoms with Gasteiger partial charge in [-0.3, -0.25) is 4.79 Å². The summed E-state index contributed by atoms with van der Waals surface area (Å²) in [6, 6.07) is 7.95. The maximum Gasteiger partial charge on any atom is 0.225 e. The van der Waals surface area contributed by atoms with Crippen LogP contribution in [0.15, 0.2) is 24.3 Å². The lowest BCUT2D eigenvalue weighted by Crippen LogP contribution is -2.40. The zero-order valence-corrected chi connectivity index (χ0v) is 12.9. The first kappa shape index (κ1) is 15.0. The number of nitrogens with zero attached hydrogens (tertiary/aromatic N) is 1. The van der Waals surface area contributed by atoms with E-state index in [0.717, 1.165) is 37.2 Å². The summed E-state index contributed by atoms with van der Waals surface area (Å²) in [4.78, 5) is 14.4. The number of carbonyl (C=O) groups is 1. The third kappa shape index (κ3) is 4.64. The van der Waals surface area contributed by atoms with E-state index in [1.807, 2.05) is 31.2 Å². The molecule has 1 aliphatic rings. The molecule has 2 atom stereocenters. The number of amides is 1. The highest BCUT2D eigenvalue weighted by atomic mass is 16.1. The maximum absolute atomic E-state index is 12.0. The molecule has 2 rings (SSSR count). The second-order valence-electron chi connectivity index (χ2n) is 6.37. The number of aryl methyl sites for hydroxylation is 1. The van der Waals surface area contributed by atoms with E-state index < -0.39 is 0 Å². The molecule has 1 amide bonds. The van der Waals surface area contributed by atoms with Gasteiger partial charge in [0, 0.05) is 31.7 Å². The Kier molecular flexibility index (Phi) is 5.18. The zero-order valence-electron chi connectivity index (χ0n) is 12.9. The summed E-state index contributed by atoms with van der Waals surface area (Å²) in [7, 11) is 0. The topological polar surface area (TPSA) is 32.3 Å². The molecular formula is C17H26N2O. The van der Waals surface area contributed by atoms with Gasteiger partial charge in [-0.15, -0.1) is 0 Å². The number of piperidine rings is 1. The molecule has 0 spiro atoms. The monoisotopic (exact) mass is 274 g/mol. The van der Waals surface area contributed by atoms with E-state index in [0.29, 0.717) is 6.42 Å². The largest absolute Gasteiger partial charge is 0.326 e. The average molecular weight is 274 g/mol. The number of hydrogen-bond acceptors (Lipinski definition) is 2. The second-order valence-corrected chi connectivity index (χ2v) is 6.37. The molecule has 0 aromatic heterocycles. The van der Waals surface area contributed by atoms with Crippen LogP contribution in [-0.2, 0) is 4.79 Å². The Bertz CT molecular complexity index is 431. The summed E-state index contributed by atoms with van der Waals surface area (Å²) in [5, 5.41) is 2.97. The molecule has 0 radical (unpaired) electrons. The van der Waals surface area contributed by atoms with Crippen molar-refractivity contribution in [3.63, 3.8) is 0 Å². The van der Waals surface area contributed by atoms with Gasteiger partial charge in [0.1, 0.15) is 0 Å². The lowest BCUT2D eigenvalue weighted by Gasteiger charge is -2.34. The molecule has 0 unspecified atom stereocenters. The minimum Gasteiger partial charge on any atom is -0.326 e. The van der Waals surface area contributed by atoms with Crippen molar-refractivity contribution in [3.05, 3.63) is 29.8 Å². The Morgan fingerprint density at radius 1 is 1.20 bits per heavy atom. The highest BCUT2D eigenvalue weighted by Gasteiger charge is 2.21. The molecule has 0 aliphatic carbocycles. The molecule has 1 aromatic rings. The predicted octanol–water partition coefficient (Wildman–Crippen LogP) is 3.30. The van der Waals surface area contributed by atoms with Crippen molar-refractivity contribution < 1.29 is 4.79 Å². The van der Waals surface area contributed by atoms with Crippen molar-refractivity contribution in [2.75, 3.05) is 25.0 Å². The van der Waals surface area contributed by atoms with Crippen LogP contribution in [0, 0.1) is 18.8 Å². The van der Waals surface area contributed by atoms with Crippen LogP contribution in [0.3, 0.4) is 0 Å². The van der Waals surface area contributed by atoms with Gasteiger partial charge in [-0.05, 0) is 37.3 Å². The molecule has 1 N–H and O–H groups in total. The standard InChI is InChI=1S/C17H26N2O/c1-13-4-6-16(7-5-13)18-17(20)8-9-19-11-14(2)10-15(3)12-19/h4-7,14-15H,8-12H2,1-3H3,(H,18,20)/t14-,15-/m1/s1. The summed E-state index contributed by atoms with van der Waals surface area (Å²) in [5.41, 5.74) is 2.10. The minimum atomic E-state index is 0.111. The quantitative estimate of drug-likeness (QED) is 0.913. The van der Waals surface area contributed by atoms with Crippen LogP contribution in [0.1, 0.15) is 32.3 Å². The predicted molar refractivity (Wildman–Crippen MR) is 83.8 cm³/mol. The minimum absolute atomic E-state index is 0.111. The number of carbonyl (C=O) groups excluding carboxylic acids is 1. The van der Waals surface area contributed by atoms with Crippen molar-refractivity contribution in [2.45, 2.75) is 33.6 Å². The van der Waals surface area contributed by atoms with Crippen molar-refractivity contribution in [2.24, 2.45) is 11.8 Å². The molecule has 0 bridgehead atoms. The number of benzene rings is 1. The highest BCUT2D eigenvalue weighted by molar-refractivity contribution is 5.90. The molecule has 1 heterocycles. The lowest BCUT2D eigenvalue weighted by atomic mass is 9.92. The Hall–Kier alpha value is -1.35. The summed E-state index contributed by atoms with van der Waals surface area (Å²) in [6.07, 6.45) is 1.89. The van der Waals surface area contributed by atoms with Crippen LogP contribution in [0.4, 0.5) is 5.69 Å². The van der Waals surface area contributed by atoms with Gasteiger partial charge in [0.15, 0.2) is 0 Å². The SMILES string of the molecule is Cc1ccc(NC(=O)CCN2C[C@H](C)C[C@@H](C)C2)cc1. The summed E-state index contributed by atoms with van der Waals surface area (Å²) in [5.74, 6) is 1.61. The second kappa shape index (κ2) is 6.89. The van der Waals surface area contributed by atoms with E-state index in [2.05, 4.69) is 24.1 Å². The fourth-order valence-corrected chi connectivity index (χ4v) is 3.09. The molecular weight excluding hydrogens is 248 g/mol. The fourth-order valence-electron chi connectivity index (χ4n) is 3.09. The Morgan fingerprint density at radius 2 is 1.80 bits per heavy atom. The van der Waals surface area contributed by atoms with Gasteiger partial charge >= 0.3 is 0 Å². The van der Waals surface area contributed by atoms with Crippen LogP contribution >= 0.6 is 0 Å². The van der Waals surface area contributed by atoms with Gasteiger partial charge in [0.2, 0.25) is 5.91 Å². The molecule has 1 aromatic carbocycles. The van der Waals surface area contributed by atoms with E-state index in [-0.39, 0.29) is 5.91 Å². The number of nitrogens with one attached hydrogen (secondary N) is 1. The third-order valence-electron chi connectivity index (χ3n) is 3.93. The van der Waals surface area contributed by atoms with E-state index >= 15 is 0 Å². The smallest absolute Gasteiger partial charge is 0.225 e. The van der Waals surface area contributed by atoms with Crippen LogP contribution in [0.25, 0.3) is 0 Å². The zero-order chi connectivity index (χ0) is 14.5. The van der Waals surface area contributed by atoms with Gasteiger partial charge in [-0.1, -0.05) is 31.5 Å². The van der Waals surface area contributed by atoms with Crippen LogP contribution in [0.5, 0.6) is 0 Å². The van der Waals surface area contributed by atoms with E-state index in [1.165, 1.54) is 12.0 Å². The first-order valence-corrected chi connectivity index (χ1v) is 7.62. The van der Waals surface area contributed by atoms with Gasteiger partial charge < -0.3 is 10.2 Å². The summed E-state index contributed by atoms with van der Waals surface area (Å²) < 4.78 is 0. The van der Waals surface area contributed by atoms with Crippen LogP contribution in [-0.4, -0.2) is 30.4 Å². The normalized spacial score (nSPS) is 23.6. The van der Waals surface area contributed by atoms with E-state index in [1.54, 1.807) is 0 Å². The van der Waals surface area contributed by atoms with Crippen molar-refractivity contribution in [1.82, 2.24) is 4.90 Å². The first-order chi connectivity index (χ1) is 9.52. The highest BCUT2D eigenvalue weighted by Crippen LogP contribution is 2.20. The molecule has 3 heteroatoms. The maximum atomic E-state index is 12.0. The van der Waals surface area contributed by atoms with Gasteiger partial charge in [-0.2, -0.15) is 0 Å². The Balaban J connectivity index is 1.76. The average Bonchev–Trinajstić information content (AvgIpc) is 2.38.